The Balaban J connectivity index is 1.98. The third kappa shape index (κ3) is 3.91. The molecule has 0 spiro atoms. The molecule has 0 amide bonds. The summed E-state index contributed by atoms with van der Waals surface area (Å²) in [6.07, 6.45) is 1.13. The van der Waals surface area contributed by atoms with Crippen LogP contribution in [0.15, 0.2) is 22.6 Å². The van der Waals surface area contributed by atoms with Gasteiger partial charge in [0, 0.05) is 25.2 Å². The summed E-state index contributed by atoms with van der Waals surface area (Å²) in [6, 6.07) is 4.80. The fourth-order valence-electron chi connectivity index (χ4n) is 2.17. The van der Waals surface area contributed by atoms with Crippen LogP contribution in [0.5, 0.6) is 0 Å². The van der Waals surface area contributed by atoms with Crippen molar-refractivity contribution in [3.8, 4) is 0 Å². The second kappa shape index (κ2) is 7.03. The molecule has 0 atom stereocenters. The standard InChI is InChI=1S/C14H20N4O3/c1-3-8-17(4-2)9-7-15-14-16-12-10-11(18(19)20)5-6-13(12)21-14/h5-6,10H,3-4,7-9H2,1-2H3,(H,15,16). The van der Waals surface area contributed by atoms with Crippen LogP contribution in [0.1, 0.15) is 20.3 Å². The van der Waals surface area contributed by atoms with Crippen LogP contribution >= 0.6 is 0 Å². The van der Waals surface area contributed by atoms with Crippen LogP contribution in [0, 0.1) is 10.1 Å². The van der Waals surface area contributed by atoms with Crippen LogP contribution in [-0.2, 0) is 0 Å². The molecule has 1 heterocycles. The average Bonchev–Trinajstić information content (AvgIpc) is 2.87. The van der Waals surface area contributed by atoms with Crippen molar-refractivity contribution in [2.45, 2.75) is 20.3 Å². The molecule has 2 aromatic rings. The second-order valence-electron chi connectivity index (χ2n) is 4.79. The van der Waals surface area contributed by atoms with Gasteiger partial charge in [-0.05, 0) is 25.6 Å². The van der Waals surface area contributed by atoms with Crippen molar-refractivity contribution in [3.63, 3.8) is 0 Å². The minimum Gasteiger partial charge on any atom is -0.424 e. The Hall–Kier alpha value is -2.15. The number of nitro benzene ring substituents is 1. The number of aromatic nitrogens is 1. The number of fused-ring (bicyclic) bond motifs is 1. The van der Waals surface area contributed by atoms with Gasteiger partial charge >= 0.3 is 0 Å². The van der Waals surface area contributed by atoms with Crippen molar-refractivity contribution in [2.75, 3.05) is 31.5 Å². The number of rotatable bonds is 8. The average molecular weight is 292 g/mol. The number of nitrogens with one attached hydrogen (secondary N) is 1. The lowest BCUT2D eigenvalue weighted by atomic mass is 10.3. The molecule has 1 aromatic heterocycles. The summed E-state index contributed by atoms with van der Waals surface area (Å²) >= 11 is 0. The minimum absolute atomic E-state index is 0.0162. The number of anilines is 1. The molecule has 0 fully saturated rings. The molecule has 0 bridgehead atoms. The van der Waals surface area contributed by atoms with Crippen molar-refractivity contribution in [1.82, 2.24) is 9.88 Å². The predicted octanol–water partition coefficient (Wildman–Crippen LogP) is 2.88. The zero-order valence-electron chi connectivity index (χ0n) is 12.3. The van der Waals surface area contributed by atoms with Crippen molar-refractivity contribution in [2.24, 2.45) is 0 Å². The van der Waals surface area contributed by atoms with Crippen LogP contribution in [-0.4, -0.2) is 41.0 Å². The van der Waals surface area contributed by atoms with Crippen LogP contribution < -0.4 is 5.32 Å². The largest absolute Gasteiger partial charge is 0.424 e. The van der Waals surface area contributed by atoms with Gasteiger partial charge in [0.25, 0.3) is 11.7 Å². The molecule has 0 aliphatic heterocycles. The van der Waals surface area contributed by atoms with Crippen molar-refractivity contribution >= 4 is 22.8 Å². The molecule has 0 saturated heterocycles. The molecule has 7 heteroatoms. The first-order valence-electron chi connectivity index (χ1n) is 7.15. The highest BCUT2D eigenvalue weighted by molar-refractivity contribution is 5.77. The SMILES string of the molecule is CCCN(CC)CCNc1nc2cc([N+](=O)[O-])ccc2o1. The maximum atomic E-state index is 10.7. The minimum atomic E-state index is -0.439. The van der Waals surface area contributed by atoms with Gasteiger partial charge in [0.2, 0.25) is 0 Å². The Morgan fingerprint density at radius 1 is 1.38 bits per heavy atom. The van der Waals surface area contributed by atoms with E-state index >= 15 is 0 Å². The summed E-state index contributed by atoms with van der Waals surface area (Å²) in [5, 5.41) is 13.8. The molecule has 0 radical (unpaired) electrons. The van der Waals surface area contributed by atoms with E-state index in [0.717, 1.165) is 32.6 Å². The molecule has 1 aromatic carbocycles. The van der Waals surface area contributed by atoms with Crippen molar-refractivity contribution in [1.29, 1.82) is 0 Å². The first-order chi connectivity index (χ1) is 10.1. The molecule has 0 aliphatic rings. The van der Waals surface area contributed by atoms with Gasteiger partial charge in [0.15, 0.2) is 5.58 Å². The zero-order chi connectivity index (χ0) is 15.2. The Morgan fingerprint density at radius 2 is 2.19 bits per heavy atom. The molecule has 0 aliphatic carbocycles. The van der Waals surface area contributed by atoms with Gasteiger partial charge in [-0.2, -0.15) is 4.98 Å². The maximum Gasteiger partial charge on any atom is 0.295 e. The Morgan fingerprint density at radius 3 is 2.86 bits per heavy atom. The van der Waals surface area contributed by atoms with E-state index in [1.165, 1.54) is 12.1 Å². The first-order valence-corrected chi connectivity index (χ1v) is 7.15. The van der Waals surface area contributed by atoms with Crippen LogP contribution in [0.3, 0.4) is 0 Å². The van der Waals surface area contributed by atoms with Crippen LogP contribution in [0.25, 0.3) is 11.1 Å². The van der Waals surface area contributed by atoms with Crippen molar-refractivity contribution in [3.05, 3.63) is 28.3 Å². The maximum absolute atomic E-state index is 10.7. The molecule has 0 unspecified atom stereocenters. The van der Waals surface area contributed by atoms with Gasteiger partial charge in [-0.15, -0.1) is 0 Å². The number of nitrogens with zero attached hydrogens (tertiary/aromatic N) is 3. The topological polar surface area (TPSA) is 84.4 Å². The highest BCUT2D eigenvalue weighted by Gasteiger charge is 2.11. The number of hydrogen-bond acceptors (Lipinski definition) is 6. The van der Waals surface area contributed by atoms with E-state index in [0.29, 0.717) is 17.1 Å². The molecule has 7 nitrogen and oxygen atoms in total. The Labute approximate surface area is 123 Å². The number of non-ortho nitro benzene ring substituents is 1. The monoisotopic (exact) mass is 292 g/mol. The summed E-state index contributed by atoms with van der Waals surface area (Å²) < 4.78 is 5.51. The van der Waals surface area contributed by atoms with E-state index in [2.05, 4.69) is 29.0 Å². The van der Waals surface area contributed by atoms with Gasteiger partial charge in [-0.3, -0.25) is 10.1 Å². The molecular formula is C14H20N4O3. The van der Waals surface area contributed by atoms with Gasteiger partial charge in [0.1, 0.15) is 5.52 Å². The first kappa shape index (κ1) is 15.2. The Bertz CT molecular complexity index is 611. The van der Waals surface area contributed by atoms with Gasteiger partial charge < -0.3 is 14.6 Å². The summed E-state index contributed by atoms with van der Waals surface area (Å²) in [4.78, 5) is 16.8. The third-order valence-corrected chi connectivity index (χ3v) is 3.27. The highest BCUT2D eigenvalue weighted by Crippen LogP contribution is 2.23. The van der Waals surface area contributed by atoms with Gasteiger partial charge in [-0.25, -0.2) is 0 Å². The van der Waals surface area contributed by atoms with Gasteiger partial charge in [0.05, 0.1) is 4.92 Å². The smallest absolute Gasteiger partial charge is 0.295 e. The number of likely N-dealkylation sites (N-methyl/N-ethyl adjacent to an activating group) is 1. The Kier molecular flexibility index (Phi) is 5.10. The number of nitro groups is 1. The normalized spacial score (nSPS) is 11.2. The lowest BCUT2D eigenvalue weighted by Gasteiger charge is -2.18. The second-order valence-corrected chi connectivity index (χ2v) is 4.79. The lowest BCUT2D eigenvalue weighted by Crippen LogP contribution is -2.29. The quantitative estimate of drug-likeness (QED) is 0.595. The predicted molar refractivity (Wildman–Crippen MR) is 81.6 cm³/mol. The molecule has 0 saturated carbocycles. The number of benzene rings is 1. The summed E-state index contributed by atoms with van der Waals surface area (Å²) in [5.41, 5.74) is 1.05. The number of oxazole rings is 1. The molecule has 114 valence electrons. The summed E-state index contributed by atoms with van der Waals surface area (Å²) in [7, 11) is 0. The molecule has 1 N–H and O–H groups in total. The van der Waals surface area contributed by atoms with Crippen LogP contribution in [0.4, 0.5) is 11.7 Å². The molecule has 21 heavy (non-hydrogen) atoms. The van der Waals surface area contributed by atoms with E-state index in [1.807, 2.05) is 0 Å². The van der Waals surface area contributed by atoms with E-state index in [4.69, 9.17) is 4.42 Å². The van der Waals surface area contributed by atoms with E-state index in [-0.39, 0.29) is 5.69 Å². The van der Waals surface area contributed by atoms with Gasteiger partial charge in [-0.1, -0.05) is 13.8 Å². The fourth-order valence-corrected chi connectivity index (χ4v) is 2.17. The summed E-state index contributed by atoms with van der Waals surface area (Å²) in [6.45, 7) is 8.00. The van der Waals surface area contributed by atoms with E-state index in [1.54, 1.807) is 6.07 Å². The number of hydrogen-bond donors (Lipinski definition) is 1. The lowest BCUT2D eigenvalue weighted by molar-refractivity contribution is -0.384. The summed E-state index contributed by atoms with van der Waals surface area (Å²) in [5.74, 6) is 0. The molecular weight excluding hydrogens is 272 g/mol. The van der Waals surface area contributed by atoms with E-state index < -0.39 is 4.92 Å². The van der Waals surface area contributed by atoms with Crippen LogP contribution in [0.2, 0.25) is 0 Å². The fraction of sp³-hybridized carbons (Fsp3) is 0.500. The third-order valence-electron chi connectivity index (χ3n) is 3.27. The van der Waals surface area contributed by atoms with E-state index in [9.17, 15) is 10.1 Å². The van der Waals surface area contributed by atoms with Crippen molar-refractivity contribution < 1.29 is 9.34 Å². The zero-order valence-corrected chi connectivity index (χ0v) is 12.3. The molecule has 2 rings (SSSR count). The highest BCUT2D eigenvalue weighted by atomic mass is 16.6.